The minimum atomic E-state index is -0.0848. The molecule has 0 aliphatic carbocycles. The highest BCUT2D eigenvalue weighted by Crippen LogP contribution is 2.31. The Balaban J connectivity index is 2.03. The van der Waals surface area contributed by atoms with Gasteiger partial charge >= 0.3 is 0 Å². The highest BCUT2D eigenvalue weighted by atomic mass is 16.3. The van der Waals surface area contributed by atoms with Crippen molar-refractivity contribution < 1.29 is 5.11 Å². The summed E-state index contributed by atoms with van der Waals surface area (Å²) in [6, 6.07) is 5.78. The van der Waals surface area contributed by atoms with Crippen molar-refractivity contribution in [3.8, 4) is 17.1 Å². The zero-order valence-corrected chi connectivity index (χ0v) is 9.62. The second-order valence-corrected chi connectivity index (χ2v) is 4.17. The Morgan fingerprint density at radius 3 is 3.00 bits per heavy atom. The molecule has 0 aliphatic heterocycles. The SMILES string of the molecule is Oc1ncnc2[nH]nc(-c3ccc4cn[nH]c4c3)c12. The number of hydrogen-bond acceptors (Lipinski definition) is 5. The molecule has 4 rings (SSSR count). The second kappa shape index (κ2) is 3.52. The maximum atomic E-state index is 9.84. The molecule has 1 aromatic carbocycles. The number of aromatic nitrogens is 6. The quantitative estimate of drug-likeness (QED) is 0.477. The van der Waals surface area contributed by atoms with Crippen molar-refractivity contribution >= 4 is 21.9 Å². The monoisotopic (exact) mass is 252 g/mol. The van der Waals surface area contributed by atoms with Crippen LogP contribution in [-0.2, 0) is 0 Å². The van der Waals surface area contributed by atoms with Crippen LogP contribution in [0.3, 0.4) is 0 Å². The van der Waals surface area contributed by atoms with Crippen LogP contribution in [0.2, 0.25) is 0 Å². The average molecular weight is 252 g/mol. The van der Waals surface area contributed by atoms with Crippen molar-refractivity contribution in [2.75, 3.05) is 0 Å². The van der Waals surface area contributed by atoms with Crippen molar-refractivity contribution in [3.63, 3.8) is 0 Å². The van der Waals surface area contributed by atoms with E-state index in [1.54, 1.807) is 6.20 Å². The summed E-state index contributed by atoms with van der Waals surface area (Å²) in [5.74, 6) is -0.0848. The number of aromatic hydroxyl groups is 1. The van der Waals surface area contributed by atoms with Crippen molar-refractivity contribution in [1.82, 2.24) is 30.4 Å². The number of benzene rings is 1. The van der Waals surface area contributed by atoms with E-state index in [4.69, 9.17) is 0 Å². The van der Waals surface area contributed by atoms with Crippen molar-refractivity contribution in [1.29, 1.82) is 0 Å². The predicted molar refractivity (Wildman–Crippen MR) is 68.4 cm³/mol. The molecule has 0 fully saturated rings. The maximum Gasteiger partial charge on any atom is 0.225 e. The Labute approximate surface area is 106 Å². The van der Waals surface area contributed by atoms with Gasteiger partial charge in [0.1, 0.15) is 17.4 Å². The van der Waals surface area contributed by atoms with Crippen LogP contribution >= 0.6 is 0 Å². The van der Waals surface area contributed by atoms with E-state index in [2.05, 4.69) is 30.4 Å². The number of aromatic amines is 2. The second-order valence-electron chi connectivity index (χ2n) is 4.17. The van der Waals surface area contributed by atoms with Gasteiger partial charge in [0.05, 0.1) is 11.7 Å². The molecule has 7 nitrogen and oxygen atoms in total. The normalized spacial score (nSPS) is 11.4. The summed E-state index contributed by atoms with van der Waals surface area (Å²) in [6.07, 6.45) is 3.04. The fraction of sp³-hybridized carbons (Fsp3) is 0. The first-order chi connectivity index (χ1) is 9.33. The third-order valence-electron chi connectivity index (χ3n) is 3.05. The molecule has 0 atom stereocenters. The first kappa shape index (κ1) is 10.0. The first-order valence-electron chi connectivity index (χ1n) is 5.64. The standard InChI is InChI=1S/C12H8N6O/c19-12-9-10(17-18-11(9)13-5-14-12)6-1-2-7-4-15-16-8(7)3-6/h1-5H,(H,15,16)(H2,13,14,17,18,19). The number of fused-ring (bicyclic) bond motifs is 2. The van der Waals surface area contributed by atoms with Crippen molar-refractivity contribution in [2.45, 2.75) is 0 Å². The lowest BCUT2D eigenvalue weighted by Crippen LogP contribution is -1.82. The molecule has 0 radical (unpaired) electrons. The highest BCUT2D eigenvalue weighted by molar-refractivity contribution is 5.96. The van der Waals surface area contributed by atoms with Crippen LogP contribution in [0.1, 0.15) is 0 Å². The fourth-order valence-corrected chi connectivity index (χ4v) is 2.14. The van der Waals surface area contributed by atoms with Crippen LogP contribution in [0.15, 0.2) is 30.7 Å². The molecule has 3 aromatic heterocycles. The predicted octanol–water partition coefficient (Wildman–Crippen LogP) is 1.60. The number of H-pyrrole nitrogens is 2. The highest BCUT2D eigenvalue weighted by Gasteiger charge is 2.14. The number of nitrogens with one attached hydrogen (secondary N) is 2. The number of hydrogen-bond donors (Lipinski definition) is 3. The smallest absolute Gasteiger partial charge is 0.225 e. The summed E-state index contributed by atoms with van der Waals surface area (Å²) in [4.78, 5) is 7.81. The van der Waals surface area contributed by atoms with E-state index in [0.29, 0.717) is 16.7 Å². The molecule has 0 bridgehead atoms. The van der Waals surface area contributed by atoms with Crippen LogP contribution in [0.4, 0.5) is 0 Å². The lowest BCUT2D eigenvalue weighted by Gasteiger charge is -1.99. The molecule has 19 heavy (non-hydrogen) atoms. The molecule has 0 spiro atoms. The Bertz CT molecular complexity index is 893. The van der Waals surface area contributed by atoms with E-state index >= 15 is 0 Å². The lowest BCUT2D eigenvalue weighted by molar-refractivity contribution is 0.459. The molecule has 4 aromatic rings. The van der Waals surface area contributed by atoms with E-state index in [-0.39, 0.29) is 5.88 Å². The zero-order valence-electron chi connectivity index (χ0n) is 9.62. The Hall–Kier alpha value is -2.96. The Morgan fingerprint density at radius 2 is 2.05 bits per heavy atom. The van der Waals surface area contributed by atoms with Gasteiger partial charge in [-0.1, -0.05) is 12.1 Å². The van der Waals surface area contributed by atoms with Crippen molar-refractivity contribution in [3.05, 3.63) is 30.7 Å². The molecule has 0 amide bonds. The largest absolute Gasteiger partial charge is 0.493 e. The first-order valence-corrected chi connectivity index (χ1v) is 5.64. The van der Waals surface area contributed by atoms with Crippen LogP contribution in [-0.4, -0.2) is 35.5 Å². The van der Waals surface area contributed by atoms with Crippen LogP contribution in [0.25, 0.3) is 33.2 Å². The van der Waals surface area contributed by atoms with Gasteiger partial charge in [-0.2, -0.15) is 10.2 Å². The lowest BCUT2D eigenvalue weighted by atomic mass is 10.1. The van der Waals surface area contributed by atoms with Gasteiger partial charge in [0.25, 0.3) is 0 Å². The minimum absolute atomic E-state index is 0.0848. The Morgan fingerprint density at radius 1 is 1.11 bits per heavy atom. The van der Waals surface area contributed by atoms with Gasteiger partial charge < -0.3 is 5.11 Å². The molecule has 0 unspecified atom stereocenters. The van der Waals surface area contributed by atoms with Gasteiger partial charge in [0, 0.05) is 10.9 Å². The van der Waals surface area contributed by atoms with Gasteiger partial charge in [0.2, 0.25) is 5.88 Å². The Kier molecular flexibility index (Phi) is 1.85. The molecule has 0 saturated heterocycles. The summed E-state index contributed by atoms with van der Waals surface area (Å²) in [5.41, 5.74) is 2.88. The summed E-state index contributed by atoms with van der Waals surface area (Å²) >= 11 is 0. The van der Waals surface area contributed by atoms with Crippen LogP contribution in [0, 0.1) is 0 Å². The molecule has 0 saturated carbocycles. The molecule has 3 N–H and O–H groups in total. The van der Waals surface area contributed by atoms with E-state index in [9.17, 15) is 5.11 Å². The topological polar surface area (TPSA) is 103 Å². The van der Waals surface area contributed by atoms with Gasteiger partial charge in [-0.05, 0) is 6.07 Å². The average Bonchev–Trinajstić information content (AvgIpc) is 3.04. The zero-order chi connectivity index (χ0) is 12.8. The van der Waals surface area contributed by atoms with Gasteiger partial charge in [0.15, 0.2) is 5.65 Å². The third-order valence-corrected chi connectivity index (χ3v) is 3.05. The summed E-state index contributed by atoms with van der Waals surface area (Å²) in [6.45, 7) is 0. The van der Waals surface area contributed by atoms with Crippen LogP contribution < -0.4 is 0 Å². The third kappa shape index (κ3) is 1.38. The number of nitrogens with zero attached hydrogens (tertiary/aromatic N) is 4. The molecular weight excluding hydrogens is 244 g/mol. The molecule has 3 heterocycles. The molecule has 7 heteroatoms. The van der Waals surface area contributed by atoms with Crippen LogP contribution in [0.5, 0.6) is 5.88 Å². The van der Waals surface area contributed by atoms with Crippen molar-refractivity contribution in [2.24, 2.45) is 0 Å². The number of rotatable bonds is 1. The molecular formula is C12H8N6O. The van der Waals surface area contributed by atoms with Gasteiger partial charge in [-0.3, -0.25) is 10.2 Å². The van der Waals surface area contributed by atoms with E-state index in [0.717, 1.165) is 16.5 Å². The molecule has 0 aliphatic rings. The fourth-order valence-electron chi connectivity index (χ4n) is 2.14. The van der Waals surface area contributed by atoms with E-state index in [1.807, 2.05) is 18.2 Å². The van der Waals surface area contributed by atoms with Gasteiger partial charge in [-0.15, -0.1) is 0 Å². The van der Waals surface area contributed by atoms with E-state index in [1.165, 1.54) is 6.33 Å². The molecule has 92 valence electrons. The summed E-state index contributed by atoms with van der Waals surface area (Å²) in [7, 11) is 0. The van der Waals surface area contributed by atoms with Gasteiger partial charge in [-0.25, -0.2) is 9.97 Å². The maximum absolute atomic E-state index is 9.84. The van der Waals surface area contributed by atoms with E-state index < -0.39 is 0 Å². The summed E-state index contributed by atoms with van der Waals surface area (Å²) in [5, 5.41) is 25.2. The minimum Gasteiger partial charge on any atom is -0.493 e. The summed E-state index contributed by atoms with van der Waals surface area (Å²) < 4.78 is 0.